The summed E-state index contributed by atoms with van der Waals surface area (Å²) in [7, 11) is 0. The Morgan fingerprint density at radius 1 is 1.06 bits per heavy atom. The van der Waals surface area contributed by atoms with Gasteiger partial charge in [-0.25, -0.2) is 0 Å². The van der Waals surface area contributed by atoms with E-state index in [9.17, 15) is 4.79 Å². The van der Waals surface area contributed by atoms with Crippen molar-refractivity contribution in [1.82, 2.24) is 25.6 Å². The Bertz CT molecular complexity index is 1200. The second-order valence-electron chi connectivity index (χ2n) is 8.43. The molecule has 7 nitrogen and oxygen atoms in total. The van der Waals surface area contributed by atoms with Crippen molar-refractivity contribution < 1.29 is 4.79 Å². The van der Waals surface area contributed by atoms with Crippen LogP contribution in [0, 0.1) is 19.8 Å². The quantitative estimate of drug-likeness (QED) is 0.589. The van der Waals surface area contributed by atoms with E-state index in [1.807, 2.05) is 67.7 Å². The lowest BCUT2D eigenvalue weighted by atomic mass is 10.0. The number of anilines is 1. The van der Waals surface area contributed by atoms with E-state index in [0.29, 0.717) is 23.7 Å². The van der Waals surface area contributed by atoms with Crippen LogP contribution in [-0.4, -0.2) is 20.9 Å². The van der Waals surface area contributed by atoms with Crippen molar-refractivity contribution in [3.8, 4) is 11.3 Å². The van der Waals surface area contributed by atoms with Crippen molar-refractivity contribution in [2.45, 2.75) is 34.2 Å². The van der Waals surface area contributed by atoms with Crippen LogP contribution in [-0.2, 0) is 6.54 Å². The fourth-order valence-corrected chi connectivity index (χ4v) is 3.38. The summed E-state index contributed by atoms with van der Waals surface area (Å²) in [5.74, 6) is 0.164. The summed E-state index contributed by atoms with van der Waals surface area (Å²) in [6.45, 7) is 8.46. The zero-order valence-electron chi connectivity index (χ0n) is 19.3. The van der Waals surface area contributed by atoms with Gasteiger partial charge >= 0.3 is 0 Å². The van der Waals surface area contributed by atoms with Crippen LogP contribution >= 0.6 is 0 Å². The van der Waals surface area contributed by atoms with E-state index in [1.165, 1.54) is 0 Å². The van der Waals surface area contributed by atoms with Crippen LogP contribution in [0.3, 0.4) is 0 Å². The number of carbonyl (C=O) groups is 1. The summed E-state index contributed by atoms with van der Waals surface area (Å²) in [5, 5.41) is 6.24. The minimum Gasteiger partial charge on any atom is -0.362 e. The second-order valence-corrected chi connectivity index (χ2v) is 8.43. The topological polar surface area (TPSA) is 83.0 Å². The van der Waals surface area contributed by atoms with Gasteiger partial charge < -0.3 is 15.5 Å². The molecule has 33 heavy (non-hydrogen) atoms. The zero-order chi connectivity index (χ0) is 23.4. The van der Waals surface area contributed by atoms with Crippen LogP contribution in [0.1, 0.15) is 41.2 Å². The van der Waals surface area contributed by atoms with Gasteiger partial charge in [-0.15, -0.1) is 0 Å². The summed E-state index contributed by atoms with van der Waals surface area (Å²) >= 11 is 0. The van der Waals surface area contributed by atoms with Gasteiger partial charge in [-0.2, -0.15) is 0 Å². The summed E-state index contributed by atoms with van der Waals surface area (Å²) < 4.78 is 0. The van der Waals surface area contributed by atoms with Gasteiger partial charge in [-0.1, -0.05) is 19.9 Å². The van der Waals surface area contributed by atoms with Crippen LogP contribution < -0.4 is 15.5 Å². The Balaban J connectivity index is 1.67. The first kappa shape index (κ1) is 22.2. The molecule has 3 heterocycles. The molecule has 1 aliphatic rings. The maximum Gasteiger partial charge on any atom is 0.251 e. The van der Waals surface area contributed by atoms with Crippen LogP contribution in [0.25, 0.3) is 11.3 Å². The lowest BCUT2D eigenvalue weighted by Crippen LogP contribution is -2.25. The lowest BCUT2D eigenvalue weighted by Gasteiger charge is -2.25. The molecule has 1 aromatic carbocycles. The van der Waals surface area contributed by atoms with Crippen LogP contribution in [0.5, 0.6) is 0 Å². The van der Waals surface area contributed by atoms with E-state index >= 15 is 0 Å². The molecule has 2 aromatic heterocycles. The van der Waals surface area contributed by atoms with Gasteiger partial charge in [0.15, 0.2) is 0 Å². The van der Waals surface area contributed by atoms with Crippen molar-refractivity contribution in [2.24, 2.45) is 5.92 Å². The Morgan fingerprint density at radius 3 is 2.61 bits per heavy atom. The molecule has 0 fully saturated rings. The molecule has 1 aliphatic heterocycles. The smallest absolute Gasteiger partial charge is 0.251 e. The van der Waals surface area contributed by atoms with Gasteiger partial charge in [0.05, 0.1) is 29.8 Å². The number of carbonyl (C=O) groups excluding carboxylic acids is 1. The minimum atomic E-state index is -0.181. The molecule has 4 rings (SSSR count). The SMILES string of the molecule is Cc1ccc(-c2cc(C(=O)NCc3cnc(C)cn3)cc(N3C=CNC(C(C)C)=C3)c2)nc1. The minimum absolute atomic E-state index is 0.181. The molecule has 168 valence electrons. The number of hydrogen-bond acceptors (Lipinski definition) is 6. The van der Waals surface area contributed by atoms with E-state index < -0.39 is 0 Å². The van der Waals surface area contributed by atoms with Gasteiger partial charge in [0.2, 0.25) is 0 Å². The average molecular weight is 441 g/mol. The summed E-state index contributed by atoms with van der Waals surface area (Å²) in [6.07, 6.45) is 11.1. The number of pyridine rings is 1. The van der Waals surface area contributed by atoms with E-state index in [1.54, 1.807) is 12.4 Å². The number of rotatable bonds is 6. The predicted octanol–water partition coefficient (Wildman–Crippen LogP) is 4.46. The maximum atomic E-state index is 13.1. The molecule has 0 radical (unpaired) electrons. The third-order valence-corrected chi connectivity index (χ3v) is 5.34. The van der Waals surface area contributed by atoms with Crippen LogP contribution in [0.4, 0.5) is 5.69 Å². The number of hydrogen-bond donors (Lipinski definition) is 2. The fraction of sp³-hybridized carbons (Fsp3) is 0.231. The van der Waals surface area contributed by atoms with E-state index in [-0.39, 0.29) is 5.91 Å². The molecule has 0 unspecified atom stereocenters. The van der Waals surface area contributed by atoms with E-state index in [4.69, 9.17) is 0 Å². The first-order chi connectivity index (χ1) is 15.9. The molecule has 0 saturated heterocycles. The van der Waals surface area contributed by atoms with Gasteiger partial charge in [0.25, 0.3) is 5.91 Å². The van der Waals surface area contributed by atoms with Crippen molar-refractivity contribution in [1.29, 1.82) is 0 Å². The zero-order valence-corrected chi connectivity index (χ0v) is 19.3. The summed E-state index contributed by atoms with van der Waals surface area (Å²) in [4.78, 5) is 28.2. The number of aryl methyl sites for hydroxylation is 2. The molecule has 1 amide bonds. The van der Waals surface area contributed by atoms with Crippen molar-refractivity contribution >= 4 is 11.6 Å². The molecule has 0 spiro atoms. The average Bonchev–Trinajstić information content (AvgIpc) is 2.83. The molecule has 0 bridgehead atoms. The maximum absolute atomic E-state index is 13.1. The number of nitrogens with zero attached hydrogens (tertiary/aromatic N) is 4. The number of nitrogens with one attached hydrogen (secondary N) is 2. The van der Waals surface area contributed by atoms with Crippen molar-refractivity contribution in [3.05, 3.63) is 95.7 Å². The Kier molecular flexibility index (Phi) is 6.49. The second kappa shape index (κ2) is 9.65. The highest BCUT2D eigenvalue weighted by molar-refractivity contribution is 5.96. The Hall–Kier alpha value is -4.00. The molecule has 0 atom stereocenters. The van der Waals surface area contributed by atoms with Crippen molar-refractivity contribution in [2.75, 3.05) is 4.90 Å². The van der Waals surface area contributed by atoms with E-state index in [0.717, 1.165) is 33.9 Å². The number of allylic oxidation sites excluding steroid dienone is 1. The van der Waals surface area contributed by atoms with Crippen molar-refractivity contribution in [3.63, 3.8) is 0 Å². The van der Waals surface area contributed by atoms with E-state index in [2.05, 4.69) is 45.6 Å². The van der Waals surface area contributed by atoms with Gasteiger partial charge in [-0.05, 0) is 49.6 Å². The molecule has 0 saturated carbocycles. The highest BCUT2D eigenvalue weighted by Crippen LogP contribution is 2.28. The number of benzene rings is 1. The highest BCUT2D eigenvalue weighted by atomic mass is 16.1. The third-order valence-electron chi connectivity index (χ3n) is 5.34. The lowest BCUT2D eigenvalue weighted by molar-refractivity contribution is 0.0950. The normalized spacial score (nSPS) is 13.0. The number of amides is 1. The first-order valence-corrected chi connectivity index (χ1v) is 11.0. The molecule has 3 aromatic rings. The summed E-state index contributed by atoms with van der Waals surface area (Å²) in [6, 6.07) is 9.80. The van der Waals surface area contributed by atoms with Gasteiger partial charge in [0.1, 0.15) is 0 Å². The van der Waals surface area contributed by atoms with Gasteiger partial charge in [0, 0.05) is 53.5 Å². The summed E-state index contributed by atoms with van der Waals surface area (Å²) in [5.41, 5.74) is 6.85. The fourth-order valence-electron chi connectivity index (χ4n) is 3.38. The molecular formula is C26H28N6O. The highest BCUT2D eigenvalue weighted by Gasteiger charge is 2.15. The molecular weight excluding hydrogens is 412 g/mol. The predicted molar refractivity (Wildman–Crippen MR) is 130 cm³/mol. The first-order valence-electron chi connectivity index (χ1n) is 11.0. The Morgan fingerprint density at radius 2 is 1.91 bits per heavy atom. The van der Waals surface area contributed by atoms with Crippen LogP contribution in [0.2, 0.25) is 0 Å². The monoisotopic (exact) mass is 440 g/mol. The van der Waals surface area contributed by atoms with Gasteiger partial charge in [-0.3, -0.25) is 19.7 Å². The van der Waals surface area contributed by atoms with Crippen LogP contribution in [0.15, 0.2) is 73.2 Å². The molecule has 2 N–H and O–H groups in total. The Labute approximate surface area is 194 Å². The third kappa shape index (κ3) is 5.44. The largest absolute Gasteiger partial charge is 0.362 e. The molecule has 0 aliphatic carbocycles. The molecule has 7 heteroatoms. The standard InChI is InChI=1S/C26H28N6O/c1-17(2)25-16-32(8-7-27-25)23-10-20(24-6-5-18(3)12-30-24)9-21(11-23)26(33)31-15-22-14-28-19(4)13-29-22/h5-14,16-17,27H,15H2,1-4H3,(H,31,33). The number of aromatic nitrogens is 3.